The Kier molecular flexibility index (Phi) is 3.85. The number of anilines is 1. The van der Waals surface area contributed by atoms with Gasteiger partial charge in [0, 0.05) is 16.8 Å². The zero-order valence-electron chi connectivity index (χ0n) is 15.2. The first-order chi connectivity index (χ1) is 11.8. The van der Waals surface area contributed by atoms with Crippen molar-refractivity contribution in [3.05, 3.63) is 62.6 Å². The Bertz CT molecular complexity index is 1040. The average molecular weight is 367 g/mol. The minimum absolute atomic E-state index is 0.0737. The molecule has 2 aromatic carbocycles. The van der Waals surface area contributed by atoms with E-state index in [1.807, 2.05) is 10.3 Å². The highest BCUT2D eigenvalue weighted by Gasteiger charge is 2.33. The van der Waals surface area contributed by atoms with E-state index in [9.17, 15) is 0 Å². The third kappa shape index (κ3) is 2.83. The van der Waals surface area contributed by atoms with Gasteiger partial charge in [-0.15, -0.1) is 0 Å². The Morgan fingerprint density at radius 2 is 1.72 bits per heavy atom. The monoisotopic (exact) mass is 366 g/mol. The summed E-state index contributed by atoms with van der Waals surface area (Å²) in [6.07, 6.45) is 0. The van der Waals surface area contributed by atoms with Crippen molar-refractivity contribution >= 4 is 32.1 Å². The lowest BCUT2D eigenvalue weighted by Gasteiger charge is -2.33. The quantitative estimate of drug-likeness (QED) is 0.502. The number of hydrogen-bond donors (Lipinski definition) is 1. The molecule has 1 aliphatic rings. The Labute approximate surface area is 156 Å². The highest BCUT2D eigenvalue weighted by Crippen LogP contribution is 2.45. The molecule has 128 valence electrons. The van der Waals surface area contributed by atoms with Crippen molar-refractivity contribution in [2.45, 2.75) is 40.2 Å². The molecule has 0 radical (unpaired) electrons. The van der Waals surface area contributed by atoms with Gasteiger partial charge in [0.2, 0.25) is 0 Å². The molecule has 0 saturated carbocycles. The van der Waals surface area contributed by atoms with Crippen LogP contribution in [0.2, 0.25) is 0 Å². The zero-order chi connectivity index (χ0) is 17.8. The molecule has 25 heavy (non-hydrogen) atoms. The minimum Gasteiger partial charge on any atom is -0.375 e. The molecule has 2 nitrogen and oxygen atoms in total. The average Bonchev–Trinajstić information content (AvgIpc) is 2.97. The summed E-state index contributed by atoms with van der Waals surface area (Å²) in [5.74, 6) is 0. The molecule has 1 N–H and O–H groups in total. The van der Waals surface area contributed by atoms with Crippen molar-refractivity contribution in [2.24, 2.45) is 4.99 Å². The van der Waals surface area contributed by atoms with Crippen molar-refractivity contribution in [1.82, 2.24) is 0 Å². The molecule has 1 aromatic heterocycles. The van der Waals surface area contributed by atoms with Crippen LogP contribution in [-0.4, -0.2) is 0 Å². The number of nitrogens with zero attached hydrogens (tertiary/aromatic N) is 1. The predicted octanol–water partition coefficient (Wildman–Crippen LogP) is 6.29. The molecule has 0 spiro atoms. The molecule has 0 amide bonds. The van der Waals surface area contributed by atoms with E-state index in [0.29, 0.717) is 0 Å². The summed E-state index contributed by atoms with van der Waals surface area (Å²) < 4.78 is 1.12. The van der Waals surface area contributed by atoms with E-state index < -0.39 is 0 Å². The Morgan fingerprint density at radius 1 is 0.920 bits per heavy atom. The van der Waals surface area contributed by atoms with Crippen LogP contribution in [-0.2, 0) is 5.54 Å². The smallest absolute Gasteiger partial charge is 0.135 e. The summed E-state index contributed by atoms with van der Waals surface area (Å²) >= 11 is 0. The summed E-state index contributed by atoms with van der Waals surface area (Å²) in [6, 6.07) is 13.1. The van der Waals surface area contributed by atoms with E-state index in [2.05, 4.69) is 76.3 Å². The third-order valence-electron chi connectivity index (χ3n) is 4.83. The number of aryl methyl sites for hydroxylation is 3. The zero-order valence-corrected chi connectivity index (χ0v) is 16.9. The van der Waals surface area contributed by atoms with Crippen molar-refractivity contribution in [1.29, 1.82) is 0 Å². The summed E-state index contributed by atoms with van der Waals surface area (Å²) in [5, 5.41) is 3.69. The number of fused-ring (bicyclic) bond motifs is 3. The van der Waals surface area contributed by atoms with Crippen LogP contribution in [0.25, 0.3) is 11.1 Å². The van der Waals surface area contributed by atoms with Gasteiger partial charge in [-0.2, -0.15) is 0 Å². The summed E-state index contributed by atoms with van der Waals surface area (Å²) in [4.78, 5) is 6.38. The van der Waals surface area contributed by atoms with Gasteiger partial charge in [0.25, 0.3) is 0 Å². The van der Waals surface area contributed by atoms with Gasteiger partial charge >= 0.3 is 0 Å². The lowest BCUT2D eigenvalue weighted by molar-refractivity contribution is 0.619. The van der Waals surface area contributed by atoms with Crippen LogP contribution in [0.3, 0.4) is 0 Å². The highest BCUT2D eigenvalue weighted by atomic mass is 32.9. The molecule has 0 aliphatic carbocycles. The molecular formula is C21H22N2S2. The maximum absolute atomic E-state index is 5.01. The van der Waals surface area contributed by atoms with Crippen LogP contribution in [0.1, 0.15) is 35.4 Å². The standard InChI is InChI=1S/C21H22N2S2/c1-12-6-9-17-16(10-12)18-19(21(4,5)23-17)24-25-20(18)22-15-8-7-13(2)14(3)11-15/h6-11,23H,1-5H3. The molecular weight excluding hydrogens is 344 g/mol. The van der Waals surface area contributed by atoms with Crippen LogP contribution in [0.5, 0.6) is 0 Å². The van der Waals surface area contributed by atoms with Gasteiger partial charge < -0.3 is 5.32 Å². The molecule has 3 aromatic rings. The topological polar surface area (TPSA) is 24.4 Å². The first-order valence-electron chi connectivity index (χ1n) is 8.50. The third-order valence-corrected chi connectivity index (χ3v) is 7.47. The van der Waals surface area contributed by atoms with Gasteiger partial charge in [0.1, 0.15) is 4.67 Å². The van der Waals surface area contributed by atoms with Crippen molar-refractivity contribution in [3.8, 4) is 11.1 Å². The fourth-order valence-electron chi connectivity index (χ4n) is 3.27. The van der Waals surface area contributed by atoms with Crippen LogP contribution >= 0.6 is 20.7 Å². The normalized spacial score (nSPS) is 15.5. The Balaban J connectivity index is 1.98. The summed E-state index contributed by atoms with van der Waals surface area (Å²) in [5.41, 5.74) is 8.60. The number of rotatable bonds is 1. The van der Waals surface area contributed by atoms with Gasteiger partial charge in [0.15, 0.2) is 0 Å². The summed E-state index contributed by atoms with van der Waals surface area (Å²) in [6.45, 7) is 10.9. The van der Waals surface area contributed by atoms with Crippen LogP contribution in [0, 0.1) is 20.8 Å². The first kappa shape index (κ1) is 16.6. The lowest BCUT2D eigenvalue weighted by Crippen LogP contribution is -2.31. The van der Waals surface area contributed by atoms with Crippen LogP contribution < -0.4 is 9.99 Å². The molecule has 0 fully saturated rings. The number of hydrogen-bond acceptors (Lipinski definition) is 4. The molecule has 0 atom stereocenters. The number of benzene rings is 2. The molecule has 0 saturated heterocycles. The highest BCUT2D eigenvalue weighted by molar-refractivity contribution is 7.68. The maximum atomic E-state index is 5.01. The van der Waals surface area contributed by atoms with E-state index in [4.69, 9.17) is 4.99 Å². The molecule has 4 rings (SSSR count). The second-order valence-corrected chi connectivity index (χ2v) is 9.48. The van der Waals surface area contributed by atoms with Crippen LogP contribution in [0.15, 0.2) is 41.4 Å². The van der Waals surface area contributed by atoms with Gasteiger partial charge in [-0.1, -0.05) is 38.4 Å². The fourth-order valence-corrected chi connectivity index (χ4v) is 6.21. The summed E-state index contributed by atoms with van der Waals surface area (Å²) in [7, 11) is 3.62. The van der Waals surface area contributed by atoms with Gasteiger partial charge in [-0.3, -0.25) is 0 Å². The second kappa shape index (κ2) is 5.82. The molecule has 1 aliphatic heterocycles. The van der Waals surface area contributed by atoms with E-state index in [0.717, 1.165) is 10.4 Å². The fraction of sp³-hybridized carbons (Fsp3) is 0.286. The van der Waals surface area contributed by atoms with Crippen molar-refractivity contribution in [2.75, 3.05) is 5.32 Å². The molecule has 2 heterocycles. The van der Waals surface area contributed by atoms with Crippen LogP contribution in [0.4, 0.5) is 11.4 Å². The Morgan fingerprint density at radius 3 is 2.48 bits per heavy atom. The van der Waals surface area contributed by atoms with Gasteiger partial charge in [-0.05, 0) is 70.0 Å². The maximum Gasteiger partial charge on any atom is 0.135 e. The Hall–Kier alpha value is -1.91. The van der Waals surface area contributed by atoms with E-state index in [1.165, 1.54) is 38.4 Å². The molecule has 0 unspecified atom stereocenters. The van der Waals surface area contributed by atoms with Gasteiger partial charge in [-0.25, -0.2) is 4.99 Å². The SMILES string of the molecule is Cc1ccc2c(c1)-c1c(ssc1=Nc1ccc(C)c(C)c1)C(C)(C)N2. The van der Waals surface area contributed by atoms with E-state index in [-0.39, 0.29) is 5.54 Å². The van der Waals surface area contributed by atoms with E-state index >= 15 is 0 Å². The molecule has 0 bridgehead atoms. The number of nitrogens with one attached hydrogen (secondary N) is 1. The van der Waals surface area contributed by atoms with Crippen molar-refractivity contribution in [3.63, 3.8) is 0 Å². The lowest BCUT2D eigenvalue weighted by atomic mass is 9.89. The predicted molar refractivity (Wildman–Crippen MR) is 110 cm³/mol. The first-order valence-corrected chi connectivity index (χ1v) is 10.6. The minimum atomic E-state index is -0.0737. The van der Waals surface area contributed by atoms with Crippen molar-refractivity contribution < 1.29 is 0 Å². The van der Waals surface area contributed by atoms with Gasteiger partial charge in [0.05, 0.1) is 16.1 Å². The second-order valence-electron chi connectivity index (χ2n) is 7.36. The largest absolute Gasteiger partial charge is 0.375 e. The van der Waals surface area contributed by atoms with E-state index in [1.54, 1.807) is 10.3 Å². The molecule has 4 heteroatoms.